The van der Waals surface area contributed by atoms with Crippen molar-refractivity contribution in [3.8, 4) is 11.8 Å². The first-order valence-corrected chi connectivity index (χ1v) is 9.49. The SMILES string of the molecule is CN1C(=O)C(C)(Cc2ccccc2OC(F)F)N(C)C(=O)/C1=C\c1ccccc1C#N. The second kappa shape index (κ2) is 8.56. The number of para-hydroxylation sites is 1. The molecule has 0 aromatic heterocycles. The molecule has 31 heavy (non-hydrogen) atoms. The number of halogens is 2. The number of likely N-dealkylation sites (N-methyl/N-ethyl adjacent to an activating group) is 2. The number of nitriles is 1. The highest BCUT2D eigenvalue weighted by atomic mass is 19.3. The number of alkyl halides is 2. The molecule has 0 aliphatic carbocycles. The Morgan fingerprint density at radius 2 is 1.77 bits per heavy atom. The maximum Gasteiger partial charge on any atom is 0.387 e. The third-order valence-corrected chi connectivity index (χ3v) is 5.49. The molecule has 2 aromatic carbocycles. The highest BCUT2D eigenvalue weighted by molar-refractivity contribution is 6.08. The maximum absolute atomic E-state index is 13.3. The minimum Gasteiger partial charge on any atom is -0.435 e. The Bertz CT molecular complexity index is 1090. The lowest BCUT2D eigenvalue weighted by Gasteiger charge is -2.45. The summed E-state index contributed by atoms with van der Waals surface area (Å²) in [5, 5.41) is 9.30. The number of carbonyl (C=O) groups is 2. The molecule has 1 saturated heterocycles. The van der Waals surface area contributed by atoms with Crippen LogP contribution in [0.4, 0.5) is 8.78 Å². The van der Waals surface area contributed by atoms with Crippen LogP contribution < -0.4 is 4.74 Å². The second-order valence-electron chi connectivity index (χ2n) is 7.39. The summed E-state index contributed by atoms with van der Waals surface area (Å²) in [6.45, 7) is -1.42. The molecule has 1 aliphatic heterocycles. The molecular formula is C23H21F2N3O3. The third-order valence-electron chi connectivity index (χ3n) is 5.49. The summed E-state index contributed by atoms with van der Waals surface area (Å²) in [6.07, 6.45) is 1.49. The van der Waals surface area contributed by atoms with Crippen LogP contribution in [0.5, 0.6) is 5.75 Å². The van der Waals surface area contributed by atoms with Gasteiger partial charge in [-0.3, -0.25) is 9.59 Å². The van der Waals surface area contributed by atoms with E-state index in [9.17, 15) is 23.6 Å². The normalized spacial score (nSPS) is 20.4. The average molecular weight is 425 g/mol. The van der Waals surface area contributed by atoms with Crippen LogP contribution in [0, 0.1) is 11.3 Å². The summed E-state index contributed by atoms with van der Waals surface area (Å²) >= 11 is 0. The molecule has 0 N–H and O–H groups in total. The fraction of sp³-hybridized carbons (Fsp3) is 0.261. The molecule has 1 unspecified atom stereocenters. The smallest absolute Gasteiger partial charge is 0.387 e. The van der Waals surface area contributed by atoms with Gasteiger partial charge in [-0.05, 0) is 36.3 Å². The lowest BCUT2D eigenvalue weighted by Crippen LogP contribution is -2.64. The van der Waals surface area contributed by atoms with Crippen molar-refractivity contribution in [1.82, 2.24) is 9.80 Å². The van der Waals surface area contributed by atoms with Crippen LogP contribution >= 0.6 is 0 Å². The lowest BCUT2D eigenvalue weighted by atomic mass is 9.86. The topological polar surface area (TPSA) is 73.6 Å². The summed E-state index contributed by atoms with van der Waals surface area (Å²) in [5.74, 6) is -0.856. The van der Waals surface area contributed by atoms with Gasteiger partial charge in [0.25, 0.3) is 11.8 Å². The monoisotopic (exact) mass is 425 g/mol. The Morgan fingerprint density at radius 3 is 2.45 bits per heavy atom. The van der Waals surface area contributed by atoms with Crippen molar-refractivity contribution in [2.45, 2.75) is 25.5 Å². The average Bonchev–Trinajstić information content (AvgIpc) is 2.75. The van der Waals surface area contributed by atoms with Gasteiger partial charge in [0, 0.05) is 20.5 Å². The quantitative estimate of drug-likeness (QED) is 0.688. The minimum atomic E-state index is -3.01. The number of hydrogen-bond donors (Lipinski definition) is 0. The largest absolute Gasteiger partial charge is 0.435 e. The molecule has 0 saturated carbocycles. The Balaban J connectivity index is 1.99. The molecule has 3 rings (SSSR count). The van der Waals surface area contributed by atoms with E-state index in [-0.39, 0.29) is 23.8 Å². The molecular weight excluding hydrogens is 404 g/mol. The third kappa shape index (κ3) is 4.12. The molecule has 1 heterocycles. The van der Waals surface area contributed by atoms with Crippen LogP contribution in [0.15, 0.2) is 54.2 Å². The molecule has 6 nitrogen and oxygen atoms in total. The van der Waals surface area contributed by atoms with Gasteiger partial charge in [0.2, 0.25) is 0 Å². The van der Waals surface area contributed by atoms with Crippen LogP contribution in [0.1, 0.15) is 23.6 Å². The van der Waals surface area contributed by atoms with E-state index in [4.69, 9.17) is 0 Å². The van der Waals surface area contributed by atoms with Crippen LogP contribution in [0.25, 0.3) is 6.08 Å². The van der Waals surface area contributed by atoms with Crippen molar-refractivity contribution in [3.05, 3.63) is 70.9 Å². The van der Waals surface area contributed by atoms with Gasteiger partial charge in [-0.1, -0.05) is 36.4 Å². The Kier molecular flexibility index (Phi) is 6.07. The fourth-order valence-electron chi connectivity index (χ4n) is 3.61. The van der Waals surface area contributed by atoms with E-state index in [0.717, 1.165) is 0 Å². The maximum atomic E-state index is 13.3. The molecule has 8 heteroatoms. The standard InChI is InChI=1S/C23H21F2N3O3/c1-23(13-16-9-6-7-11-19(16)31-22(24)25)21(30)27(2)18(20(29)28(23)3)12-15-8-4-5-10-17(15)14-26/h4-12,22H,13H2,1-3H3/b18-12+. The van der Waals surface area contributed by atoms with Gasteiger partial charge < -0.3 is 14.5 Å². The molecule has 0 spiro atoms. The number of nitrogens with zero attached hydrogens (tertiary/aromatic N) is 3. The summed E-state index contributed by atoms with van der Waals surface area (Å²) in [4.78, 5) is 29.1. The zero-order valence-corrected chi connectivity index (χ0v) is 17.3. The molecule has 160 valence electrons. The Morgan fingerprint density at radius 1 is 1.13 bits per heavy atom. The lowest BCUT2D eigenvalue weighted by molar-refractivity contribution is -0.155. The first-order chi connectivity index (χ1) is 14.7. The minimum absolute atomic E-state index is 0.0105. The molecule has 2 aromatic rings. The first-order valence-electron chi connectivity index (χ1n) is 9.49. The zero-order valence-electron chi connectivity index (χ0n) is 17.3. The Hall–Kier alpha value is -3.73. The summed E-state index contributed by atoms with van der Waals surface area (Å²) < 4.78 is 30.1. The van der Waals surface area contributed by atoms with Gasteiger partial charge in [-0.2, -0.15) is 14.0 Å². The molecule has 1 fully saturated rings. The van der Waals surface area contributed by atoms with E-state index >= 15 is 0 Å². The van der Waals surface area contributed by atoms with E-state index in [2.05, 4.69) is 10.8 Å². The number of hydrogen-bond acceptors (Lipinski definition) is 4. The summed E-state index contributed by atoms with van der Waals surface area (Å²) in [6, 6.07) is 15.0. The van der Waals surface area contributed by atoms with E-state index < -0.39 is 18.1 Å². The predicted octanol–water partition coefficient (Wildman–Crippen LogP) is 3.43. The highest BCUT2D eigenvalue weighted by Gasteiger charge is 2.49. The van der Waals surface area contributed by atoms with E-state index in [1.165, 1.54) is 36.0 Å². The predicted molar refractivity (Wildman–Crippen MR) is 110 cm³/mol. The van der Waals surface area contributed by atoms with Crippen molar-refractivity contribution in [2.24, 2.45) is 0 Å². The van der Waals surface area contributed by atoms with E-state index in [1.54, 1.807) is 49.4 Å². The van der Waals surface area contributed by atoms with Gasteiger partial charge in [0.1, 0.15) is 17.0 Å². The van der Waals surface area contributed by atoms with Crippen molar-refractivity contribution in [2.75, 3.05) is 14.1 Å². The summed E-state index contributed by atoms with van der Waals surface area (Å²) in [7, 11) is 2.97. The number of piperazine rings is 1. The van der Waals surface area contributed by atoms with Gasteiger partial charge >= 0.3 is 6.61 Å². The molecule has 1 aliphatic rings. The van der Waals surface area contributed by atoms with Gasteiger partial charge in [0.15, 0.2) is 0 Å². The second-order valence-corrected chi connectivity index (χ2v) is 7.39. The molecule has 0 radical (unpaired) electrons. The van der Waals surface area contributed by atoms with Crippen LogP contribution in [0.2, 0.25) is 0 Å². The number of benzene rings is 2. The van der Waals surface area contributed by atoms with Crippen molar-refractivity contribution in [1.29, 1.82) is 5.26 Å². The van der Waals surface area contributed by atoms with Gasteiger partial charge in [-0.15, -0.1) is 0 Å². The van der Waals surface area contributed by atoms with Crippen molar-refractivity contribution >= 4 is 17.9 Å². The van der Waals surface area contributed by atoms with Gasteiger partial charge in [-0.25, -0.2) is 0 Å². The number of ether oxygens (including phenoxy) is 1. The Labute approximate surface area is 178 Å². The van der Waals surface area contributed by atoms with Crippen molar-refractivity contribution in [3.63, 3.8) is 0 Å². The number of carbonyl (C=O) groups excluding carboxylic acids is 2. The number of rotatable bonds is 5. The number of amides is 2. The van der Waals surface area contributed by atoms with Crippen LogP contribution in [-0.2, 0) is 16.0 Å². The fourth-order valence-corrected chi connectivity index (χ4v) is 3.61. The highest BCUT2D eigenvalue weighted by Crippen LogP contribution is 2.34. The summed E-state index contributed by atoms with van der Waals surface area (Å²) in [5.41, 5.74) is 0.0663. The van der Waals surface area contributed by atoms with E-state index in [1.807, 2.05) is 0 Å². The van der Waals surface area contributed by atoms with Crippen LogP contribution in [0.3, 0.4) is 0 Å². The van der Waals surface area contributed by atoms with Crippen molar-refractivity contribution < 1.29 is 23.1 Å². The van der Waals surface area contributed by atoms with Gasteiger partial charge in [0.05, 0.1) is 11.6 Å². The first kappa shape index (κ1) is 22.0. The molecule has 2 amide bonds. The zero-order chi connectivity index (χ0) is 22.8. The van der Waals surface area contributed by atoms with Crippen LogP contribution in [-0.4, -0.2) is 47.9 Å². The molecule has 1 atom stereocenters. The van der Waals surface area contributed by atoms with E-state index in [0.29, 0.717) is 16.7 Å². The molecule has 0 bridgehead atoms.